The number of sulfonamides is 1. The molecule has 0 bridgehead atoms. The molecule has 2 N–H and O–H groups in total. The number of amides is 3. The number of para-hydroxylation sites is 1. The minimum Gasteiger partial charge on any atom is -0.362 e. The fraction of sp³-hybridized carbons (Fsp3) is 0.375. The zero-order valence-corrected chi connectivity index (χ0v) is 19.9. The topological polar surface area (TPSA) is 111 Å². The molecule has 2 saturated heterocycles. The molecule has 3 amide bonds. The van der Waals surface area contributed by atoms with E-state index < -0.39 is 10.0 Å². The lowest BCUT2D eigenvalue weighted by molar-refractivity contribution is -0.121. The van der Waals surface area contributed by atoms with Gasteiger partial charge in [-0.2, -0.15) is 8.42 Å². The molecule has 2 fully saturated rings. The van der Waals surface area contributed by atoms with E-state index in [0.29, 0.717) is 43.1 Å². The molecule has 0 saturated carbocycles. The van der Waals surface area contributed by atoms with E-state index in [1.165, 1.54) is 12.1 Å². The number of carbonyl (C=O) groups excluding carboxylic acids is 2. The zero-order valence-electron chi connectivity index (χ0n) is 19.1. The van der Waals surface area contributed by atoms with E-state index in [-0.39, 0.29) is 22.8 Å². The summed E-state index contributed by atoms with van der Waals surface area (Å²) in [4.78, 5) is 29.0. The first-order valence-corrected chi connectivity index (χ1v) is 12.8. The standard InChI is InChI=1S/C24H29N5O4S/c1-28-15-6-10-22(28)27-34(32,33)21-13-11-20(12-14-21)25-23(30)18-7-5-16-29(17-18)24(31)26-19-8-3-2-4-9-19/h2-4,8-9,11-14,18H,5-7,10,15-17H2,1H3,(H,25,30)(H,26,31)/b27-22+. The van der Waals surface area contributed by atoms with Crippen molar-refractivity contribution in [1.29, 1.82) is 0 Å². The van der Waals surface area contributed by atoms with E-state index in [2.05, 4.69) is 15.0 Å². The van der Waals surface area contributed by atoms with Gasteiger partial charge in [-0.25, -0.2) is 4.79 Å². The molecule has 4 rings (SSSR count). The number of likely N-dealkylation sites (tertiary alicyclic amines) is 2. The third-order valence-corrected chi connectivity index (χ3v) is 7.40. The molecule has 2 aromatic carbocycles. The van der Waals surface area contributed by atoms with E-state index in [1.54, 1.807) is 17.0 Å². The molecule has 10 heteroatoms. The highest BCUT2D eigenvalue weighted by molar-refractivity contribution is 7.90. The number of carbonyl (C=O) groups is 2. The summed E-state index contributed by atoms with van der Waals surface area (Å²) in [5, 5.41) is 5.70. The van der Waals surface area contributed by atoms with Crippen LogP contribution < -0.4 is 10.6 Å². The quantitative estimate of drug-likeness (QED) is 0.677. The smallest absolute Gasteiger partial charge is 0.321 e. The van der Waals surface area contributed by atoms with Crippen molar-refractivity contribution in [2.75, 3.05) is 37.3 Å². The van der Waals surface area contributed by atoms with Crippen molar-refractivity contribution in [2.45, 2.75) is 30.6 Å². The molecule has 0 spiro atoms. The lowest BCUT2D eigenvalue weighted by Crippen LogP contribution is -2.45. The first kappa shape index (κ1) is 23.7. The Hall–Kier alpha value is -3.40. The molecule has 2 aromatic rings. The zero-order chi connectivity index (χ0) is 24.1. The third-order valence-electron chi connectivity index (χ3n) is 6.08. The normalized spacial score (nSPS) is 19.8. The van der Waals surface area contributed by atoms with Crippen LogP contribution in [0.1, 0.15) is 25.7 Å². The molecule has 0 aliphatic carbocycles. The predicted octanol–water partition coefficient (Wildman–Crippen LogP) is 3.38. The maximum atomic E-state index is 12.8. The molecular formula is C24H29N5O4S. The van der Waals surface area contributed by atoms with Crippen molar-refractivity contribution >= 4 is 39.2 Å². The van der Waals surface area contributed by atoms with E-state index in [4.69, 9.17) is 0 Å². The van der Waals surface area contributed by atoms with Gasteiger partial charge in [-0.1, -0.05) is 18.2 Å². The highest BCUT2D eigenvalue weighted by atomic mass is 32.2. The molecule has 9 nitrogen and oxygen atoms in total. The average molecular weight is 484 g/mol. The number of piperidine rings is 1. The number of rotatable bonds is 5. The Balaban J connectivity index is 1.35. The first-order valence-electron chi connectivity index (χ1n) is 11.4. The second kappa shape index (κ2) is 10.3. The van der Waals surface area contributed by atoms with E-state index in [9.17, 15) is 18.0 Å². The van der Waals surface area contributed by atoms with Gasteiger partial charge in [0, 0.05) is 44.5 Å². The molecular weight excluding hydrogens is 454 g/mol. The largest absolute Gasteiger partial charge is 0.362 e. The van der Waals surface area contributed by atoms with Crippen molar-refractivity contribution in [2.24, 2.45) is 10.3 Å². The van der Waals surface area contributed by atoms with Gasteiger partial charge in [0.05, 0.1) is 10.8 Å². The lowest BCUT2D eigenvalue weighted by Gasteiger charge is -2.32. The van der Waals surface area contributed by atoms with Crippen LogP contribution in [0.4, 0.5) is 16.2 Å². The van der Waals surface area contributed by atoms with Crippen LogP contribution in [0.3, 0.4) is 0 Å². The number of nitrogens with zero attached hydrogens (tertiary/aromatic N) is 3. The monoisotopic (exact) mass is 483 g/mol. The highest BCUT2D eigenvalue weighted by Gasteiger charge is 2.29. The number of urea groups is 1. The Bertz CT molecular complexity index is 1170. The van der Waals surface area contributed by atoms with Crippen LogP contribution in [0, 0.1) is 5.92 Å². The van der Waals surface area contributed by atoms with Gasteiger partial charge in [0.25, 0.3) is 10.0 Å². The summed E-state index contributed by atoms with van der Waals surface area (Å²) in [5.74, 6) is 0.0270. The summed E-state index contributed by atoms with van der Waals surface area (Å²) in [6.45, 7) is 1.71. The van der Waals surface area contributed by atoms with Crippen molar-refractivity contribution in [3.05, 3.63) is 54.6 Å². The van der Waals surface area contributed by atoms with E-state index >= 15 is 0 Å². The van der Waals surface area contributed by atoms with Gasteiger partial charge < -0.3 is 20.4 Å². The SMILES string of the molecule is CN1CCC/C1=N\S(=O)(=O)c1ccc(NC(=O)C2CCCN(C(=O)Nc3ccccc3)C2)cc1. The number of hydrogen-bond donors (Lipinski definition) is 2. The Kier molecular flexibility index (Phi) is 7.16. The number of benzene rings is 2. The van der Waals surface area contributed by atoms with Gasteiger partial charge >= 0.3 is 6.03 Å². The molecule has 34 heavy (non-hydrogen) atoms. The molecule has 0 radical (unpaired) electrons. The number of anilines is 2. The minimum atomic E-state index is -3.80. The predicted molar refractivity (Wildman–Crippen MR) is 131 cm³/mol. The summed E-state index contributed by atoms with van der Waals surface area (Å²) in [5.41, 5.74) is 1.21. The summed E-state index contributed by atoms with van der Waals surface area (Å²) in [7, 11) is -1.97. The summed E-state index contributed by atoms with van der Waals surface area (Å²) in [6.07, 6.45) is 2.94. The van der Waals surface area contributed by atoms with Gasteiger partial charge in [0.2, 0.25) is 5.91 Å². The molecule has 2 aliphatic rings. The Morgan fingerprint density at radius 1 is 0.941 bits per heavy atom. The second-order valence-corrected chi connectivity index (χ2v) is 10.2. The molecule has 180 valence electrons. The summed E-state index contributed by atoms with van der Waals surface area (Å²) < 4.78 is 29.2. The Morgan fingerprint density at radius 3 is 2.32 bits per heavy atom. The molecule has 2 heterocycles. The number of hydrogen-bond acceptors (Lipinski definition) is 4. The Morgan fingerprint density at radius 2 is 1.65 bits per heavy atom. The molecule has 2 aliphatic heterocycles. The fourth-order valence-electron chi connectivity index (χ4n) is 4.16. The van der Waals surface area contributed by atoms with Gasteiger partial charge in [-0.05, 0) is 55.7 Å². The van der Waals surface area contributed by atoms with Crippen molar-refractivity contribution in [1.82, 2.24) is 9.80 Å². The van der Waals surface area contributed by atoms with E-state index in [1.807, 2.05) is 42.3 Å². The van der Waals surface area contributed by atoms with Crippen LogP contribution in [0.25, 0.3) is 0 Å². The number of nitrogens with one attached hydrogen (secondary N) is 2. The van der Waals surface area contributed by atoms with Crippen LogP contribution >= 0.6 is 0 Å². The average Bonchev–Trinajstić information content (AvgIpc) is 3.23. The number of amidine groups is 1. The van der Waals surface area contributed by atoms with Gasteiger partial charge in [0.1, 0.15) is 5.84 Å². The van der Waals surface area contributed by atoms with Crippen molar-refractivity contribution in [3.8, 4) is 0 Å². The van der Waals surface area contributed by atoms with Gasteiger partial charge in [0.15, 0.2) is 0 Å². The summed E-state index contributed by atoms with van der Waals surface area (Å²) in [6, 6.07) is 15.0. The van der Waals surface area contributed by atoms with Crippen molar-refractivity contribution < 1.29 is 18.0 Å². The van der Waals surface area contributed by atoms with Gasteiger partial charge in [-0.3, -0.25) is 4.79 Å². The minimum absolute atomic E-state index is 0.0831. The van der Waals surface area contributed by atoms with E-state index in [0.717, 1.165) is 19.4 Å². The molecule has 1 unspecified atom stereocenters. The maximum absolute atomic E-state index is 12.8. The maximum Gasteiger partial charge on any atom is 0.321 e. The van der Waals surface area contributed by atoms with Crippen LogP contribution in [-0.2, 0) is 14.8 Å². The van der Waals surface area contributed by atoms with Crippen LogP contribution in [0.2, 0.25) is 0 Å². The molecule has 0 aromatic heterocycles. The lowest BCUT2D eigenvalue weighted by atomic mass is 9.97. The first-order chi connectivity index (χ1) is 16.3. The van der Waals surface area contributed by atoms with Crippen LogP contribution in [-0.4, -0.2) is 62.7 Å². The highest BCUT2D eigenvalue weighted by Crippen LogP contribution is 2.22. The van der Waals surface area contributed by atoms with Crippen LogP contribution in [0.15, 0.2) is 63.9 Å². The van der Waals surface area contributed by atoms with Crippen LogP contribution in [0.5, 0.6) is 0 Å². The molecule has 1 atom stereocenters. The second-order valence-electron chi connectivity index (χ2n) is 8.60. The summed E-state index contributed by atoms with van der Waals surface area (Å²) >= 11 is 0. The van der Waals surface area contributed by atoms with Gasteiger partial charge in [-0.15, -0.1) is 4.40 Å². The fourth-order valence-corrected chi connectivity index (χ4v) is 5.25. The third kappa shape index (κ3) is 5.74. The Labute approximate surface area is 199 Å². The van der Waals surface area contributed by atoms with Crippen molar-refractivity contribution in [3.63, 3.8) is 0 Å².